The Balaban J connectivity index is 2.58. The van der Waals surface area contributed by atoms with E-state index in [0.29, 0.717) is 11.5 Å². The first-order valence-electron chi connectivity index (χ1n) is 5.46. The van der Waals surface area contributed by atoms with Crippen LogP contribution in [-0.4, -0.2) is 24.2 Å². The number of rotatable bonds is 3. The van der Waals surface area contributed by atoms with Crippen molar-refractivity contribution in [1.29, 1.82) is 0 Å². The summed E-state index contributed by atoms with van der Waals surface area (Å²) in [6, 6.07) is 5.58. The molecule has 0 atom stereocenters. The highest BCUT2D eigenvalue weighted by Gasteiger charge is 2.09. The molecular weight excluding hydrogens is 230 g/mol. The average molecular weight is 245 g/mol. The van der Waals surface area contributed by atoms with Crippen LogP contribution in [0.5, 0.6) is 11.5 Å². The van der Waals surface area contributed by atoms with Crippen LogP contribution in [0.4, 0.5) is 5.95 Å². The first-order chi connectivity index (χ1) is 8.63. The summed E-state index contributed by atoms with van der Waals surface area (Å²) in [5, 5.41) is 0. The third-order valence-electron chi connectivity index (χ3n) is 2.62. The van der Waals surface area contributed by atoms with Gasteiger partial charge in [0.05, 0.1) is 19.9 Å². The molecule has 0 bridgehead atoms. The second kappa shape index (κ2) is 4.91. The molecule has 0 unspecified atom stereocenters. The predicted molar refractivity (Wildman–Crippen MR) is 69.7 cm³/mol. The van der Waals surface area contributed by atoms with Gasteiger partial charge < -0.3 is 15.2 Å². The van der Waals surface area contributed by atoms with Gasteiger partial charge in [0, 0.05) is 17.8 Å². The number of ether oxygens (including phenoxy) is 2. The number of hydrogen-bond acceptors (Lipinski definition) is 5. The smallest absolute Gasteiger partial charge is 0.220 e. The van der Waals surface area contributed by atoms with Crippen molar-refractivity contribution in [2.75, 3.05) is 20.0 Å². The maximum absolute atomic E-state index is 5.62. The Labute approximate surface area is 106 Å². The first kappa shape index (κ1) is 12.2. The topological polar surface area (TPSA) is 70.3 Å². The highest BCUT2D eigenvalue weighted by molar-refractivity contribution is 5.67. The van der Waals surface area contributed by atoms with Gasteiger partial charge >= 0.3 is 0 Å². The number of methoxy groups -OCH3 is 2. The van der Waals surface area contributed by atoms with E-state index < -0.39 is 0 Å². The molecule has 1 aromatic carbocycles. The summed E-state index contributed by atoms with van der Waals surface area (Å²) >= 11 is 0. The van der Waals surface area contributed by atoms with Crippen molar-refractivity contribution in [2.45, 2.75) is 6.92 Å². The van der Waals surface area contributed by atoms with Gasteiger partial charge in [-0.1, -0.05) is 0 Å². The largest absolute Gasteiger partial charge is 0.497 e. The third kappa shape index (κ3) is 2.34. The van der Waals surface area contributed by atoms with Crippen LogP contribution in [0.1, 0.15) is 5.56 Å². The summed E-state index contributed by atoms with van der Waals surface area (Å²) in [7, 11) is 3.22. The van der Waals surface area contributed by atoms with E-state index in [-0.39, 0.29) is 5.95 Å². The molecule has 0 fully saturated rings. The summed E-state index contributed by atoms with van der Waals surface area (Å²) < 4.78 is 10.5. The van der Waals surface area contributed by atoms with E-state index in [9.17, 15) is 0 Å². The van der Waals surface area contributed by atoms with Gasteiger partial charge in [-0.05, 0) is 24.6 Å². The van der Waals surface area contributed by atoms with Crippen LogP contribution in [-0.2, 0) is 0 Å². The van der Waals surface area contributed by atoms with Gasteiger partial charge in [0.2, 0.25) is 5.95 Å². The fraction of sp³-hybridized carbons (Fsp3) is 0.231. The number of aryl methyl sites for hydroxylation is 1. The van der Waals surface area contributed by atoms with Crippen molar-refractivity contribution in [2.24, 2.45) is 0 Å². The zero-order chi connectivity index (χ0) is 13.1. The predicted octanol–water partition coefficient (Wildman–Crippen LogP) is 2.05. The number of hydrogen-bond donors (Lipinski definition) is 1. The van der Waals surface area contributed by atoms with Crippen molar-refractivity contribution < 1.29 is 9.47 Å². The van der Waals surface area contributed by atoms with Gasteiger partial charge in [0.1, 0.15) is 11.5 Å². The lowest BCUT2D eigenvalue weighted by atomic mass is 10.1. The van der Waals surface area contributed by atoms with E-state index in [2.05, 4.69) is 9.97 Å². The van der Waals surface area contributed by atoms with E-state index in [1.807, 2.05) is 25.1 Å². The molecule has 1 heterocycles. The van der Waals surface area contributed by atoms with E-state index in [4.69, 9.17) is 15.2 Å². The van der Waals surface area contributed by atoms with Crippen molar-refractivity contribution >= 4 is 5.95 Å². The number of aromatic nitrogens is 2. The van der Waals surface area contributed by atoms with E-state index in [1.54, 1.807) is 20.4 Å². The van der Waals surface area contributed by atoms with Crippen molar-refractivity contribution in [3.63, 3.8) is 0 Å². The molecule has 5 heteroatoms. The molecular formula is C13H15N3O2. The van der Waals surface area contributed by atoms with Crippen molar-refractivity contribution in [3.05, 3.63) is 30.0 Å². The zero-order valence-electron chi connectivity index (χ0n) is 10.6. The van der Waals surface area contributed by atoms with Crippen LogP contribution in [0, 0.1) is 6.92 Å². The van der Waals surface area contributed by atoms with Crippen LogP contribution in [0.3, 0.4) is 0 Å². The fourth-order valence-electron chi connectivity index (χ4n) is 1.69. The Morgan fingerprint density at radius 3 is 2.22 bits per heavy atom. The summed E-state index contributed by atoms with van der Waals surface area (Å²) in [5.41, 5.74) is 8.23. The van der Waals surface area contributed by atoms with Gasteiger partial charge in [-0.25, -0.2) is 9.97 Å². The highest BCUT2D eigenvalue weighted by atomic mass is 16.5. The second-order valence-electron chi connectivity index (χ2n) is 3.86. The third-order valence-corrected chi connectivity index (χ3v) is 2.62. The zero-order valence-corrected chi connectivity index (χ0v) is 10.6. The molecule has 5 nitrogen and oxygen atoms in total. The molecule has 0 radical (unpaired) electrons. The van der Waals surface area contributed by atoms with Crippen LogP contribution >= 0.6 is 0 Å². The van der Waals surface area contributed by atoms with Crippen LogP contribution in [0.2, 0.25) is 0 Å². The van der Waals surface area contributed by atoms with Gasteiger partial charge in [0.25, 0.3) is 0 Å². The SMILES string of the molecule is COc1cc(OC)cc(-c2nc(N)ncc2C)c1. The maximum Gasteiger partial charge on any atom is 0.220 e. The van der Waals surface area contributed by atoms with E-state index in [1.165, 1.54) is 0 Å². The number of anilines is 1. The summed E-state index contributed by atoms with van der Waals surface area (Å²) in [6.07, 6.45) is 1.70. The van der Waals surface area contributed by atoms with Crippen LogP contribution in [0.15, 0.2) is 24.4 Å². The molecule has 18 heavy (non-hydrogen) atoms. The molecule has 2 aromatic rings. The number of nitrogen functional groups attached to an aromatic ring is 1. The molecule has 2 rings (SSSR count). The number of nitrogens with zero attached hydrogens (tertiary/aromatic N) is 2. The minimum absolute atomic E-state index is 0.248. The lowest BCUT2D eigenvalue weighted by Crippen LogP contribution is -1.99. The maximum atomic E-state index is 5.62. The highest BCUT2D eigenvalue weighted by Crippen LogP contribution is 2.30. The van der Waals surface area contributed by atoms with E-state index in [0.717, 1.165) is 16.8 Å². The molecule has 0 aliphatic carbocycles. The molecule has 2 N–H and O–H groups in total. The number of nitrogens with two attached hydrogens (primary N) is 1. The summed E-state index contributed by atoms with van der Waals surface area (Å²) in [4.78, 5) is 8.20. The molecule has 0 aliphatic heterocycles. The van der Waals surface area contributed by atoms with Gasteiger partial charge in [-0.2, -0.15) is 0 Å². The standard InChI is InChI=1S/C13H15N3O2/c1-8-7-15-13(14)16-12(8)9-4-10(17-2)6-11(5-9)18-3/h4-7H,1-3H3,(H2,14,15,16). The fourth-order valence-corrected chi connectivity index (χ4v) is 1.69. The lowest BCUT2D eigenvalue weighted by molar-refractivity contribution is 0.394. The molecule has 94 valence electrons. The average Bonchev–Trinajstić information content (AvgIpc) is 2.40. The summed E-state index contributed by atoms with van der Waals surface area (Å²) in [6.45, 7) is 1.93. The molecule has 1 aromatic heterocycles. The molecule has 0 spiro atoms. The van der Waals surface area contributed by atoms with Gasteiger partial charge in [-0.3, -0.25) is 0 Å². The monoisotopic (exact) mass is 245 g/mol. The first-order valence-corrected chi connectivity index (χ1v) is 5.46. The quantitative estimate of drug-likeness (QED) is 0.896. The molecule has 0 saturated heterocycles. The molecule has 0 amide bonds. The number of benzene rings is 1. The van der Waals surface area contributed by atoms with E-state index >= 15 is 0 Å². The minimum Gasteiger partial charge on any atom is -0.497 e. The van der Waals surface area contributed by atoms with Gasteiger partial charge in [-0.15, -0.1) is 0 Å². The van der Waals surface area contributed by atoms with Gasteiger partial charge in [0.15, 0.2) is 0 Å². The van der Waals surface area contributed by atoms with Crippen molar-refractivity contribution in [3.8, 4) is 22.8 Å². The lowest BCUT2D eigenvalue weighted by Gasteiger charge is -2.10. The van der Waals surface area contributed by atoms with Crippen LogP contribution < -0.4 is 15.2 Å². The molecule has 0 saturated carbocycles. The Bertz CT molecular complexity index is 548. The van der Waals surface area contributed by atoms with Crippen molar-refractivity contribution in [1.82, 2.24) is 9.97 Å². The Hall–Kier alpha value is -2.30. The normalized spacial score (nSPS) is 10.2. The van der Waals surface area contributed by atoms with Crippen LogP contribution in [0.25, 0.3) is 11.3 Å². The Kier molecular flexibility index (Phi) is 3.32. The Morgan fingerprint density at radius 1 is 1.06 bits per heavy atom. The molecule has 0 aliphatic rings. The Morgan fingerprint density at radius 2 is 1.67 bits per heavy atom. The second-order valence-corrected chi connectivity index (χ2v) is 3.86. The summed E-state index contributed by atoms with van der Waals surface area (Å²) in [5.74, 6) is 1.67. The minimum atomic E-state index is 0.248.